The van der Waals surface area contributed by atoms with Gasteiger partial charge in [0.15, 0.2) is 0 Å². The molecule has 1 atom stereocenters. The average Bonchev–Trinajstić information content (AvgIpc) is 2.19. The van der Waals surface area contributed by atoms with Crippen LogP contribution in [0.4, 0.5) is 0 Å². The molecule has 0 saturated carbocycles. The van der Waals surface area contributed by atoms with Crippen LogP contribution in [0.5, 0.6) is 0 Å². The molecule has 1 rings (SSSR count). The lowest BCUT2D eigenvalue weighted by Crippen LogP contribution is -2.09. The van der Waals surface area contributed by atoms with E-state index >= 15 is 0 Å². The predicted molar refractivity (Wildman–Crippen MR) is 38.9 cm³/mol. The smallest absolute Gasteiger partial charge is 0.109 e. The lowest BCUT2D eigenvalue weighted by atomic mass is 10.2. The summed E-state index contributed by atoms with van der Waals surface area (Å²) in [5, 5.41) is 0. The molecule has 1 saturated heterocycles. The Morgan fingerprint density at radius 1 is 1.75 bits per heavy atom. The Morgan fingerprint density at radius 3 is 3.12 bits per heavy atom. The normalized spacial score (nSPS) is 28.9. The van der Waals surface area contributed by atoms with E-state index in [2.05, 4.69) is 0 Å². The minimum Gasteiger partial charge on any atom is -0.376 e. The van der Waals surface area contributed by atoms with Crippen LogP contribution in [-0.2, 0) is 7.80 Å². The third kappa shape index (κ3) is 1.87. The molecule has 8 heavy (non-hydrogen) atoms. The van der Waals surface area contributed by atoms with Crippen molar-refractivity contribution in [2.24, 2.45) is 0 Å². The summed E-state index contributed by atoms with van der Waals surface area (Å²) in [5.74, 6) is 0. The van der Waals surface area contributed by atoms with E-state index in [1.807, 2.05) is 23.0 Å². The number of rotatable bonds is 2. The van der Waals surface area contributed by atoms with Crippen molar-refractivity contribution in [1.82, 2.24) is 0 Å². The van der Waals surface area contributed by atoms with Crippen LogP contribution in [0.2, 0.25) is 0 Å². The molecule has 0 amide bonds. The fraction of sp³-hybridized carbons (Fsp3) is 1.00. The third-order valence-corrected chi connectivity index (χ3v) is 1.63. The second-order valence-corrected chi connectivity index (χ2v) is 2.53. The quantitative estimate of drug-likeness (QED) is 0.667. The lowest BCUT2D eigenvalue weighted by Gasteiger charge is -2.03. The molecule has 1 heterocycles. The zero-order valence-corrected chi connectivity index (χ0v) is 6.76. The van der Waals surface area contributed by atoms with E-state index in [9.17, 15) is 0 Å². The summed E-state index contributed by atoms with van der Waals surface area (Å²) in [4.78, 5) is 0. The summed E-state index contributed by atoms with van der Waals surface area (Å²) in [7, 11) is 0. The fourth-order valence-electron chi connectivity index (χ4n) is 0.846. The molecule has 0 N–H and O–H groups in total. The molecule has 2 nitrogen and oxygen atoms in total. The maximum atomic E-state index is 5.26. The molecule has 1 fully saturated rings. The van der Waals surface area contributed by atoms with Crippen molar-refractivity contribution in [2.75, 3.05) is 13.2 Å². The first-order valence-corrected chi connectivity index (χ1v) is 3.66. The van der Waals surface area contributed by atoms with Crippen molar-refractivity contribution in [3.05, 3.63) is 0 Å². The van der Waals surface area contributed by atoms with Gasteiger partial charge in [-0.05, 0) is 12.8 Å². The molecule has 0 aromatic heterocycles. The van der Waals surface area contributed by atoms with E-state index in [4.69, 9.17) is 7.80 Å². The highest BCUT2D eigenvalue weighted by molar-refractivity contribution is 14.1. The molecule has 0 aliphatic carbocycles. The van der Waals surface area contributed by atoms with Gasteiger partial charge in [0.1, 0.15) is 23.0 Å². The van der Waals surface area contributed by atoms with E-state index in [1.54, 1.807) is 0 Å². The summed E-state index contributed by atoms with van der Waals surface area (Å²) >= 11 is 1.90. The number of hydrogen-bond acceptors (Lipinski definition) is 2. The van der Waals surface area contributed by atoms with Gasteiger partial charge in [0, 0.05) is 6.61 Å². The van der Waals surface area contributed by atoms with Crippen LogP contribution < -0.4 is 0 Å². The molecule has 0 aromatic carbocycles. The summed E-state index contributed by atoms with van der Waals surface area (Å²) in [6, 6.07) is 0. The first-order valence-electron chi connectivity index (χ1n) is 2.78. The zero-order valence-electron chi connectivity index (χ0n) is 4.60. The van der Waals surface area contributed by atoms with Gasteiger partial charge in [0.2, 0.25) is 0 Å². The van der Waals surface area contributed by atoms with Crippen LogP contribution in [0.25, 0.3) is 0 Å². The minimum atomic E-state index is 0.381. The Kier molecular flexibility index (Phi) is 3.07. The first-order chi connectivity index (χ1) is 3.93. The molecule has 0 bridgehead atoms. The van der Waals surface area contributed by atoms with Crippen molar-refractivity contribution in [1.29, 1.82) is 0 Å². The van der Waals surface area contributed by atoms with Gasteiger partial charge >= 0.3 is 0 Å². The van der Waals surface area contributed by atoms with Gasteiger partial charge in [-0.1, -0.05) is 0 Å². The first kappa shape index (κ1) is 6.77. The van der Waals surface area contributed by atoms with Crippen LogP contribution in [0.1, 0.15) is 12.8 Å². The van der Waals surface area contributed by atoms with Crippen LogP contribution in [0, 0.1) is 0 Å². The van der Waals surface area contributed by atoms with Crippen LogP contribution >= 0.6 is 23.0 Å². The van der Waals surface area contributed by atoms with Gasteiger partial charge in [-0.25, -0.2) is 0 Å². The molecule has 1 aliphatic heterocycles. The van der Waals surface area contributed by atoms with Crippen molar-refractivity contribution < 1.29 is 7.80 Å². The highest BCUT2D eigenvalue weighted by Gasteiger charge is 2.14. The van der Waals surface area contributed by atoms with Gasteiger partial charge < -0.3 is 7.80 Å². The topological polar surface area (TPSA) is 18.5 Å². The van der Waals surface area contributed by atoms with E-state index in [1.165, 1.54) is 12.8 Å². The van der Waals surface area contributed by atoms with Crippen molar-refractivity contribution in [3.8, 4) is 0 Å². The summed E-state index contributed by atoms with van der Waals surface area (Å²) in [5.41, 5.74) is 0. The number of hydrogen-bond donors (Lipinski definition) is 0. The summed E-state index contributed by atoms with van der Waals surface area (Å²) in [6.45, 7) is 1.67. The van der Waals surface area contributed by atoms with E-state index in [-0.39, 0.29) is 0 Å². The van der Waals surface area contributed by atoms with Crippen molar-refractivity contribution in [2.45, 2.75) is 18.9 Å². The highest BCUT2D eigenvalue weighted by Crippen LogP contribution is 2.12. The van der Waals surface area contributed by atoms with E-state index in [0.29, 0.717) is 6.10 Å². The largest absolute Gasteiger partial charge is 0.376 e. The van der Waals surface area contributed by atoms with Crippen LogP contribution in [0.15, 0.2) is 0 Å². The third-order valence-electron chi connectivity index (χ3n) is 1.27. The lowest BCUT2D eigenvalue weighted by molar-refractivity contribution is 0.0818. The fourth-order valence-corrected chi connectivity index (χ4v) is 1.25. The molecular weight excluding hydrogens is 219 g/mol. The van der Waals surface area contributed by atoms with Crippen molar-refractivity contribution >= 4 is 23.0 Å². The Balaban J connectivity index is 2.06. The summed E-state index contributed by atoms with van der Waals surface area (Å²) < 4.78 is 10.1. The maximum absolute atomic E-state index is 5.26. The molecule has 48 valence electrons. The maximum Gasteiger partial charge on any atom is 0.109 e. The average molecular weight is 228 g/mol. The Hall–Kier alpha value is 0.650. The second-order valence-electron chi connectivity index (χ2n) is 1.91. The Morgan fingerprint density at radius 2 is 2.62 bits per heavy atom. The molecule has 0 aromatic rings. The van der Waals surface area contributed by atoms with Gasteiger partial charge in [0.05, 0.1) is 12.7 Å². The number of halogens is 1. The molecule has 1 aliphatic rings. The van der Waals surface area contributed by atoms with E-state index < -0.39 is 0 Å². The van der Waals surface area contributed by atoms with Gasteiger partial charge in [-0.15, -0.1) is 0 Å². The van der Waals surface area contributed by atoms with Gasteiger partial charge in [-0.2, -0.15) is 0 Å². The van der Waals surface area contributed by atoms with E-state index in [0.717, 1.165) is 13.2 Å². The highest BCUT2D eigenvalue weighted by atomic mass is 127. The monoisotopic (exact) mass is 228 g/mol. The zero-order chi connectivity index (χ0) is 5.82. The molecule has 0 spiro atoms. The minimum absolute atomic E-state index is 0.381. The molecule has 0 radical (unpaired) electrons. The van der Waals surface area contributed by atoms with Gasteiger partial charge in [0.25, 0.3) is 0 Å². The predicted octanol–water partition coefficient (Wildman–Crippen LogP) is 1.53. The number of ether oxygens (including phenoxy) is 1. The Labute approximate surface area is 63.2 Å². The molecule has 3 heteroatoms. The summed E-state index contributed by atoms with van der Waals surface area (Å²) in [6.07, 6.45) is 2.75. The van der Waals surface area contributed by atoms with Crippen LogP contribution in [-0.4, -0.2) is 19.3 Å². The van der Waals surface area contributed by atoms with Gasteiger partial charge in [-0.3, -0.25) is 0 Å². The molecular formula is C5H9IO2. The second kappa shape index (κ2) is 3.63. The standard InChI is InChI=1S/C5H9IO2/c6-8-4-5-2-1-3-7-5/h5H,1-4H2. The van der Waals surface area contributed by atoms with Crippen LogP contribution in [0.3, 0.4) is 0 Å². The van der Waals surface area contributed by atoms with Crippen molar-refractivity contribution in [3.63, 3.8) is 0 Å². The SMILES string of the molecule is IOCC1CCCO1. The molecule has 1 unspecified atom stereocenters. The Bertz CT molecular complexity index is 61.4.